The number of aromatic hydroxyl groups is 1. The highest BCUT2D eigenvalue weighted by molar-refractivity contribution is 7.99. The third-order valence-electron chi connectivity index (χ3n) is 2.44. The number of benzene rings is 1. The molecule has 0 aliphatic carbocycles. The van der Waals surface area contributed by atoms with Gasteiger partial charge in [-0.2, -0.15) is 11.8 Å². The van der Waals surface area contributed by atoms with Crippen LogP contribution in [0.15, 0.2) is 24.3 Å². The topological polar surface area (TPSA) is 32.3 Å². The van der Waals surface area contributed by atoms with Crippen LogP contribution in [0.5, 0.6) is 5.75 Å². The van der Waals surface area contributed by atoms with Gasteiger partial charge >= 0.3 is 0 Å². The van der Waals surface area contributed by atoms with E-state index in [9.17, 15) is 0 Å². The zero-order chi connectivity index (χ0) is 9.80. The van der Waals surface area contributed by atoms with Crippen LogP contribution in [-0.2, 0) is 5.75 Å². The van der Waals surface area contributed by atoms with Crippen LogP contribution in [0.4, 0.5) is 0 Å². The Morgan fingerprint density at radius 1 is 1.36 bits per heavy atom. The number of hydrogen-bond donors (Lipinski definition) is 2. The normalized spacial score (nSPS) is 21.3. The molecule has 1 fully saturated rings. The summed E-state index contributed by atoms with van der Waals surface area (Å²) in [5.74, 6) is 1.40. The van der Waals surface area contributed by atoms with Crippen LogP contribution >= 0.6 is 11.8 Å². The Balaban J connectivity index is 1.82. The zero-order valence-corrected chi connectivity index (χ0v) is 8.89. The van der Waals surface area contributed by atoms with Crippen molar-refractivity contribution in [3.8, 4) is 5.75 Å². The molecule has 1 aliphatic rings. The van der Waals surface area contributed by atoms with Crippen molar-refractivity contribution in [2.45, 2.75) is 17.4 Å². The van der Waals surface area contributed by atoms with E-state index < -0.39 is 0 Å². The molecular formula is C11H15NOS. The van der Waals surface area contributed by atoms with Crippen LogP contribution in [0.2, 0.25) is 0 Å². The maximum absolute atomic E-state index is 9.12. The lowest BCUT2D eigenvalue weighted by Crippen LogP contribution is -2.10. The first-order valence-electron chi connectivity index (χ1n) is 4.95. The highest BCUT2D eigenvalue weighted by Crippen LogP contribution is 2.22. The largest absolute Gasteiger partial charge is 0.508 e. The first-order chi connectivity index (χ1) is 6.84. The van der Waals surface area contributed by atoms with E-state index >= 15 is 0 Å². The van der Waals surface area contributed by atoms with Crippen molar-refractivity contribution in [2.24, 2.45) is 0 Å². The van der Waals surface area contributed by atoms with E-state index in [0.29, 0.717) is 5.75 Å². The summed E-state index contributed by atoms with van der Waals surface area (Å²) in [6, 6.07) is 7.49. The van der Waals surface area contributed by atoms with Gasteiger partial charge in [-0.05, 0) is 30.7 Å². The van der Waals surface area contributed by atoms with Gasteiger partial charge in [0.1, 0.15) is 5.75 Å². The van der Waals surface area contributed by atoms with Crippen LogP contribution in [0, 0.1) is 0 Å². The van der Waals surface area contributed by atoms with E-state index in [1.807, 2.05) is 23.9 Å². The molecule has 76 valence electrons. The highest BCUT2D eigenvalue weighted by atomic mass is 32.2. The van der Waals surface area contributed by atoms with Crippen molar-refractivity contribution in [3.05, 3.63) is 29.8 Å². The van der Waals surface area contributed by atoms with Gasteiger partial charge in [-0.25, -0.2) is 0 Å². The summed E-state index contributed by atoms with van der Waals surface area (Å²) in [7, 11) is 0. The van der Waals surface area contributed by atoms with Crippen molar-refractivity contribution >= 4 is 11.8 Å². The zero-order valence-electron chi connectivity index (χ0n) is 8.07. The SMILES string of the molecule is Oc1ccc(CSC2CCNC2)cc1. The molecule has 14 heavy (non-hydrogen) atoms. The molecular weight excluding hydrogens is 194 g/mol. The van der Waals surface area contributed by atoms with Crippen molar-refractivity contribution in [3.63, 3.8) is 0 Å². The lowest BCUT2D eigenvalue weighted by Gasteiger charge is -2.07. The van der Waals surface area contributed by atoms with Crippen LogP contribution in [0.25, 0.3) is 0 Å². The Labute approximate surface area is 88.7 Å². The van der Waals surface area contributed by atoms with E-state index in [2.05, 4.69) is 5.32 Å². The fourth-order valence-electron chi connectivity index (χ4n) is 1.58. The Hall–Kier alpha value is -0.670. The minimum Gasteiger partial charge on any atom is -0.508 e. The van der Waals surface area contributed by atoms with Gasteiger partial charge in [0.2, 0.25) is 0 Å². The van der Waals surface area contributed by atoms with Crippen LogP contribution in [-0.4, -0.2) is 23.4 Å². The molecule has 1 atom stereocenters. The van der Waals surface area contributed by atoms with Crippen LogP contribution < -0.4 is 5.32 Å². The van der Waals surface area contributed by atoms with Crippen molar-refractivity contribution < 1.29 is 5.11 Å². The molecule has 0 spiro atoms. The second kappa shape index (κ2) is 4.71. The van der Waals surface area contributed by atoms with Gasteiger partial charge in [-0.1, -0.05) is 12.1 Å². The van der Waals surface area contributed by atoms with Crippen molar-refractivity contribution in [1.29, 1.82) is 0 Å². The van der Waals surface area contributed by atoms with E-state index in [1.165, 1.54) is 12.0 Å². The smallest absolute Gasteiger partial charge is 0.115 e. The van der Waals surface area contributed by atoms with Gasteiger partial charge in [0.25, 0.3) is 0 Å². The maximum Gasteiger partial charge on any atom is 0.115 e. The summed E-state index contributed by atoms with van der Waals surface area (Å²) in [5, 5.41) is 13.2. The van der Waals surface area contributed by atoms with Crippen LogP contribution in [0.3, 0.4) is 0 Å². The van der Waals surface area contributed by atoms with Gasteiger partial charge in [0.15, 0.2) is 0 Å². The Morgan fingerprint density at radius 2 is 2.14 bits per heavy atom. The molecule has 0 radical (unpaired) electrons. The third kappa shape index (κ3) is 2.66. The predicted molar refractivity (Wildman–Crippen MR) is 60.7 cm³/mol. The van der Waals surface area contributed by atoms with Gasteiger partial charge in [-0.15, -0.1) is 0 Å². The molecule has 1 unspecified atom stereocenters. The molecule has 1 aliphatic heterocycles. The van der Waals surface area contributed by atoms with Gasteiger partial charge < -0.3 is 10.4 Å². The third-order valence-corrected chi connectivity index (χ3v) is 3.81. The average molecular weight is 209 g/mol. The number of rotatable bonds is 3. The molecule has 2 N–H and O–H groups in total. The van der Waals surface area contributed by atoms with E-state index in [1.54, 1.807) is 12.1 Å². The molecule has 1 aromatic carbocycles. The predicted octanol–water partition coefficient (Wildman–Crippen LogP) is 1.99. The number of phenolic OH excluding ortho intramolecular Hbond substituents is 1. The summed E-state index contributed by atoms with van der Waals surface area (Å²) in [5.41, 5.74) is 1.29. The molecule has 0 saturated carbocycles. The standard InChI is InChI=1S/C11H15NOS/c13-10-3-1-9(2-4-10)8-14-11-5-6-12-7-11/h1-4,11-13H,5-8H2. The first kappa shape index (κ1) is 9.87. The second-order valence-electron chi connectivity index (χ2n) is 3.59. The monoisotopic (exact) mass is 209 g/mol. The van der Waals surface area contributed by atoms with Gasteiger partial charge in [0, 0.05) is 17.5 Å². The Kier molecular flexibility index (Phi) is 3.32. The molecule has 1 saturated heterocycles. The summed E-state index contributed by atoms with van der Waals surface area (Å²) in [6.07, 6.45) is 1.28. The molecule has 0 aromatic heterocycles. The molecule has 3 heteroatoms. The fourth-order valence-corrected chi connectivity index (χ4v) is 2.72. The van der Waals surface area contributed by atoms with E-state index in [0.717, 1.165) is 24.1 Å². The number of nitrogens with one attached hydrogen (secondary N) is 1. The fraction of sp³-hybridized carbons (Fsp3) is 0.455. The Morgan fingerprint density at radius 3 is 2.79 bits per heavy atom. The quantitative estimate of drug-likeness (QED) is 0.798. The van der Waals surface area contributed by atoms with E-state index in [-0.39, 0.29) is 0 Å². The molecule has 2 rings (SSSR count). The minimum atomic E-state index is 0.348. The molecule has 1 heterocycles. The molecule has 0 bridgehead atoms. The maximum atomic E-state index is 9.12. The summed E-state index contributed by atoms with van der Waals surface area (Å²) < 4.78 is 0. The number of hydrogen-bond acceptors (Lipinski definition) is 3. The lowest BCUT2D eigenvalue weighted by atomic mass is 10.2. The minimum absolute atomic E-state index is 0.348. The number of thioether (sulfide) groups is 1. The second-order valence-corrected chi connectivity index (χ2v) is 4.88. The lowest BCUT2D eigenvalue weighted by molar-refractivity contribution is 0.475. The Bertz CT molecular complexity index is 280. The summed E-state index contributed by atoms with van der Waals surface area (Å²) >= 11 is 2.00. The van der Waals surface area contributed by atoms with Gasteiger partial charge in [0.05, 0.1) is 0 Å². The summed E-state index contributed by atoms with van der Waals surface area (Å²) in [4.78, 5) is 0. The summed E-state index contributed by atoms with van der Waals surface area (Å²) in [6.45, 7) is 2.30. The molecule has 1 aromatic rings. The molecule has 0 amide bonds. The number of phenols is 1. The molecule has 2 nitrogen and oxygen atoms in total. The van der Waals surface area contributed by atoms with Crippen molar-refractivity contribution in [2.75, 3.05) is 13.1 Å². The van der Waals surface area contributed by atoms with E-state index in [4.69, 9.17) is 5.11 Å². The average Bonchev–Trinajstić information content (AvgIpc) is 2.70. The van der Waals surface area contributed by atoms with Gasteiger partial charge in [-0.3, -0.25) is 0 Å². The highest BCUT2D eigenvalue weighted by Gasteiger charge is 2.14. The first-order valence-corrected chi connectivity index (χ1v) is 6.00. The van der Waals surface area contributed by atoms with Crippen LogP contribution in [0.1, 0.15) is 12.0 Å². The van der Waals surface area contributed by atoms with Crippen molar-refractivity contribution in [1.82, 2.24) is 5.32 Å².